The lowest BCUT2D eigenvalue weighted by Gasteiger charge is -2.23. The Morgan fingerprint density at radius 1 is 1.00 bits per heavy atom. The van der Waals surface area contributed by atoms with Gasteiger partial charge in [-0.3, -0.25) is 4.79 Å². The molecular weight excluding hydrogens is 214 g/mol. The maximum absolute atomic E-state index is 12.0. The van der Waals surface area contributed by atoms with Gasteiger partial charge in [0.15, 0.2) is 0 Å². The normalized spacial score (nSPS) is 11.5. The molecule has 0 aliphatic heterocycles. The van der Waals surface area contributed by atoms with Gasteiger partial charge in [0.25, 0.3) is 0 Å². The first-order valence-corrected chi connectivity index (χ1v) is 6.89. The fraction of sp³-hybridized carbons (Fsp3) is 0.929. The summed E-state index contributed by atoms with van der Waals surface area (Å²) in [6.07, 6.45) is 4.00. The van der Waals surface area contributed by atoms with Crippen LogP contribution in [0.4, 0.5) is 0 Å². The van der Waals surface area contributed by atoms with Crippen LogP contribution in [0.15, 0.2) is 0 Å². The largest absolute Gasteiger partial charge is 0.396 e. The van der Waals surface area contributed by atoms with Gasteiger partial charge >= 0.3 is 0 Å². The van der Waals surface area contributed by atoms with E-state index < -0.39 is 0 Å². The molecule has 0 aliphatic rings. The van der Waals surface area contributed by atoms with Gasteiger partial charge in [-0.15, -0.1) is 0 Å². The van der Waals surface area contributed by atoms with Crippen LogP contribution in [-0.2, 0) is 4.79 Å². The molecular formula is C14H29NO2. The van der Waals surface area contributed by atoms with Crippen molar-refractivity contribution in [2.24, 2.45) is 17.8 Å². The number of carbonyl (C=O) groups excluding carboxylic acids is 1. The van der Waals surface area contributed by atoms with Gasteiger partial charge in [-0.25, -0.2) is 0 Å². The third-order valence-corrected chi connectivity index (χ3v) is 3.12. The number of hydrogen-bond acceptors (Lipinski definition) is 2. The van der Waals surface area contributed by atoms with E-state index in [1.165, 1.54) is 0 Å². The summed E-state index contributed by atoms with van der Waals surface area (Å²) in [5.74, 6) is 1.10. The second kappa shape index (κ2) is 9.46. The van der Waals surface area contributed by atoms with Gasteiger partial charge < -0.3 is 10.4 Å². The summed E-state index contributed by atoms with van der Waals surface area (Å²) in [6, 6.07) is 0. The Balaban J connectivity index is 3.76. The summed E-state index contributed by atoms with van der Waals surface area (Å²) in [5, 5.41) is 11.7. The molecule has 0 fully saturated rings. The first-order valence-electron chi connectivity index (χ1n) is 6.89. The molecule has 17 heavy (non-hydrogen) atoms. The summed E-state index contributed by atoms with van der Waals surface area (Å²) in [4.78, 5) is 12.0. The molecule has 0 unspecified atom stereocenters. The molecule has 0 atom stereocenters. The van der Waals surface area contributed by atoms with E-state index in [4.69, 9.17) is 5.11 Å². The SMILES string of the molecule is CC(C)C(C(=O)NCCCCCCO)C(C)C. The highest BCUT2D eigenvalue weighted by Crippen LogP contribution is 2.20. The van der Waals surface area contributed by atoms with E-state index in [1.54, 1.807) is 0 Å². The highest BCUT2D eigenvalue weighted by Gasteiger charge is 2.24. The number of aliphatic hydroxyl groups is 1. The third kappa shape index (κ3) is 7.37. The fourth-order valence-electron chi connectivity index (χ4n) is 2.30. The maximum Gasteiger partial charge on any atom is 0.223 e. The highest BCUT2D eigenvalue weighted by molar-refractivity contribution is 5.79. The minimum Gasteiger partial charge on any atom is -0.396 e. The van der Waals surface area contributed by atoms with Crippen molar-refractivity contribution >= 4 is 5.91 Å². The van der Waals surface area contributed by atoms with Crippen LogP contribution in [0.2, 0.25) is 0 Å². The zero-order chi connectivity index (χ0) is 13.3. The van der Waals surface area contributed by atoms with Crippen molar-refractivity contribution < 1.29 is 9.90 Å². The molecule has 0 saturated heterocycles. The van der Waals surface area contributed by atoms with E-state index in [9.17, 15) is 4.79 Å². The van der Waals surface area contributed by atoms with Crippen LogP contribution >= 0.6 is 0 Å². The topological polar surface area (TPSA) is 49.3 Å². The Morgan fingerprint density at radius 3 is 2.00 bits per heavy atom. The summed E-state index contributed by atoms with van der Waals surface area (Å²) in [5.41, 5.74) is 0. The highest BCUT2D eigenvalue weighted by atomic mass is 16.2. The minimum atomic E-state index is 0.118. The fourth-order valence-corrected chi connectivity index (χ4v) is 2.30. The van der Waals surface area contributed by atoms with Crippen molar-refractivity contribution in [3.63, 3.8) is 0 Å². The van der Waals surface area contributed by atoms with Gasteiger partial charge in [0, 0.05) is 19.1 Å². The Morgan fingerprint density at radius 2 is 1.53 bits per heavy atom. The summed E-state index contributed by atoms with van der Waals surface area (Å²) < 4.78 is 0. The van der Waals surface area contributed by atoms with E-state index >= 15 is 0 Å². The molecule has 3 nitrogen and oxygen atoms in total. The number of amides is 1. The van der Waals surface area contributed by atoms with Crippen molar-refractivity contribution in [3.05, 3.63) is 0 Å². The number of rotatable bonds is 9. The lowest BCUT2D eigenvalue weighted by atomic mass is 9.85. The first kappa shape index (κ1) is 16.4. The quantitative estimate of drug-likeness (QED) is 0.612. The molecule has 0 bridgehead atoms. The summed E-state index contributed by atoms with van der Waals surface area (Å²) >= 11 is 0. The van der Waals surface area contributed by atoms with Gasteiger partial charge in [-0.05, 0) is 24.7 Å². The molecule has 3 heteroatoms. The Hall–Kier alpha value is -0.570. The van der Waals surface area contributed by atoms with Gasteiger partial charge in [-0.2, -0.15) is 0 Å². The molecule has 0 spiro atoms. The molecule has 0 aliphatic carbocycles. The zero-order valence-corrected chi connectivity index (χ0v) is 11.8. The number of aliphatic hydroxyl groups excluding tert-OH is 1. The van der Waals surface area contributed by atoms with Crippen LogP contribution in [0.25, 0.3) is 0 Å². The third-order valence-electron chi connectivity index (χ3n) is 3.12. The van der Waals surface area contributed by atoms with E-state index in [1.807, 2.05) is 0 Å². The van der Waals surface area contributed by atoms with E-state index in [0.29, 0.717) is 11.8 Å². The Bertz CT molecular complexity index is 194. The van der Waals surface area contributed by atoms with Crippen LogP contribution in [-0.4, -0.2) is 24.2 Å². The molecule has 1 amide bonds. The average Bonchev–Trinajstić information content (AvgIpc) is 2.22. The van der Waals surface area contributed by atoms with Crippen molar-refractivity contribution in [2.45, 2.75) is 53.4 Å². The monoisotopic (exact) mass is 243 g/mol. The van der Waals surface area contributed by atoms with Crippen molar-refractivity contribution in [2.75, 3.05) is 13.2 Å². The van der Waals surface area contributed by atoms with Crippen LogP contribution < -0.4 is 5.32 Å². The maximum atomic E-state index is 12.0. The molecule has 102 valence electrons. The smallest absolute Gasteiger partial charge is 0.223 e. The van der Waals surface area contributed by atoms with E-state index in [-0.39, 0.29) is 18.4 Å². The molecule has 0 aromatic carbocycles. The number of carbonyl (C=O) groups is 1. The Labute approximate surface area is 106 Å². The number of unbranched alkanes of at least 4 members (excludes halogenated alkanes) is 3. The van der Waals surface area contributed by atoms with Crippen LogP contribution in [0, 0.1) is 17.8 Å². The van der Waals surface area contributed by atoms with Crippen LogP contribution in [0.3, 0.4) is 0 Å². The van der Waals surface area contributed by atoms with Gasteiger partial charge in [-0.1, -0.05) is 40.5 Å². The molecule has 0 saturated carbocycles. The van der Waals surface area contributed by atoms with Gasteiger partial charge in [0.1, 0.15) is 0 Å². The average molecular weight is 243 g/mol. The molecule has 0 heterocycles. The van der Waals surface area contributed by atoms with Gasteiger partial charge in [0.2, 0.25) is 5.91 Å². The number of nitrogens with one attached hydrogen (secondary N) is 1. The molecule has 2 N–H and O–H groups in total. The molecule has 0 rings (SSSR count). The molecule has 0 aromatic heterocycles. The van der Waals surface area contributed by atoms with Gasteiger partial charge in [0.05, 0.1) is 0 Å². The second-order valence-corrected chi connectivity index (χ2v) is 5.44. The predicted molar refractivity (Wildman–Crippen MR) is 71.7 cm³/mol. The number of hydrogen-bond donors (Lipinski definition) is 2. The van der Waals surface area contributed by atoms with Crippen molar-refractivity contribution in [1.82, 2.24) is 5.32 Å². The minimum absolute atomic E-state index is 0.118. The van der Waals surface area contributed by atoms with Crippen LogP contribution in [0.5, 0.6) is 0 Å². The summed E-state index contributed by atoms with van der Waals surface area (Å²) in [7, 11) is 0. The van der Waals surface area contributed by atoms with Crippen molar-refractivity contribution in [1.29, 1.82) is 0 Å². The summed E-state index contributed by atoms with van der Waals surface area (Å²) in [6.45, 7) is 9.45. The van der Waals surface area contributed by atoms with E-state index in [0.717, 1.165) is 32.2 Å². The van der Waals surface area contributed by atoms with Crippen LogP contribution in [0.1, 0.15) is 53.4 Å². The standard InChI is InChI=1S/C14H29NO2/c1-11(2)13(12(3)4)14(17)15-9-7-5-6-8-10-16/h11-13,16H,5-10H2,1-4H3,(H,15,17). The Kier molecular flexibility index (Phi) is 9.14. The van der Waals surface area contributed by atoms with E-state index in [2.05, 4.69) is 33.0 Å². The zero-order valence-electron chi connectivity index (χ0n) is 11.8. The first-order chi connectivity index (χ1) is 8.00. The second-order valence-electron chi connectivity index (χ2n) is 5.44. The van der Waals surface area contributed by atoms with Crippen molar-refractivity contribution in [3.8, 4) is 0 Å². The lowest BCUT2D eigenvalue weighted by molar-refractivity contribution is -0.127. The predicted octanol–water partition coefficient (Wildman–Crippen LogP) is 2.58. The molecule has 0 aromatic rings. The lowest BCUT2D eigenvalue weighted by Crippen LogP contribution is -2.37. The molecule has 0 radical (unpaired) electrons.